The maximum atomic E-state index is 5.63. The van der Waals surface area contributed by atoms with Crippen LogP contribution < -0.4 is 0 Å². The first-order valence-electron chi connectivity index (χ1n) is 4.79. The second-order valence-electron chi connectivity index (χ2n) is 3.26. The molecular formula is C12H16ClN. The van der Waals surface area contributed by atoms with Crippen molar-refractivity contribution in [3.63, 3.8) is 0 Å². The van der Waals surface area contributed by atoms with Crippen molar-refractivity contribution in [2.75, 3.05) is 26.0 Å². The maximum Gasteiger partial charge on any atom is 0.0351 e. The van der Waals surface area contributed by atoms with Crippen LogP contribution in [-0.4, -0.2) is 30.9 Å². The van der Waals surface area contributed by atoms with Crippen LogP contribution in [0.5, 0.6) is 0 Å². The molecule has 14 heavy (non-hydrogen) atoms. The number of rotatable bonds is 5. The van der Waals surface area contributed by atoms with Gasteiger partial charge in [0.2, 0.25) is 0 Å². The average molecular weight is 210 g/mol. The highest BCUT2D eigenvalue weighted by Gasteiger charge is 1.91. The SMILES string of the molecule is CN(CC=Cc1ccccc1)CCCl. The second-order valence-corrected chi connectivity index (χ2v) is 3.64. The van der Waals surface area contributed by atoms with Crippen LogP contribution in [-0.2, 0) is 0 Å². The van der Waals surface area contributed by atoms with Crippen LogP contribution in [0.2, 0.25) is 0 Å². The van der Waals surface area contributed by atoms with Crippen LogP contribution >= 0.6 is 11.6 Å². The van der Waals surface area contributed by atoms with Gasteiger partial charge in [0, 0.05) is 19.0 Å². The van der Waals surface area contributed by atoms with E-state index in [0.29, 0.717) is 5.88 Å². The Morgan fingerprint density at radius 1 is 1.29 bits per heavy atom. The van der Waals surface area contributed by atoms with Crippen molar-refractivity contribution in [2.24, 2.45) is 0 Å². The van der Waals surface area contributed by atoms with Crippen molar-refractivity contribution < 1.29 is 0 Å². The molecule has 0 amide bonds. The molecule has 0 unspecified atom stereocenters. The monoisotopic (exact) mass is 209 g/mol. The van der Waals surface area contributed by atoms with E-state index in [2.05, 4.69) is 36.2 Å². The lowest BCUT2D eigenvalue weighted by Gasteiger charge is -2.10. The topological polar surface area (TPSA) is 3.24 Å². The van der Waals surface area contributed by atoms with E-state index in [1.807, 2.05) is 18.2 Å². The Morgan fingerprint density at radius 2 is 2.00 bits per heavy atom. The van der Waals surface area contributed by atoms with E-state index in [1.165, 1.54) is 5.56 Å². The quantitative estimate of drug-likeness (QED) is 0.675. The van der Waals surface area contributed by atoms with E-state index in [9.17, 15) is 0 Å². The van der Waals surface area contributed by atoms with Crippen molar-refractivity contribution in [3.8, 4) is 0 Å². The molecule has 1 aromatic rings. The molecule has 0 aliphatic rings. The zero-order valence-electron chi connectivity index (χ0n) is 8.49. The Morgan fingerprint density at radius 3 is 2.64 bits per heavy atom. The van der Waals surface area contributed by atoms with Gasteiger partial charge in [-0.2, -0.15) is 0 Å². The molecule has 1 nitrogen and oxygen atoms in total. The van der Waals surface area contributed by atoms with Crippen LogP contribution in [0, 0.1) is 0 Å². The van der Waals surface area contributed by atoms with E-state index in [4.69, 9.17) is 11.6 Å². The fraction of sp³-hybridized carbons (Fsp3) is 0.333. The summed E-state index contributed by atoms with van der Waals surface area (Å²) in [4.78, 5) is 2.19. The van der Waals surface area contributed by atoms with Gasteiger partial charge in [0.25, 0.3) is 0 Å². The van der Waals surface area contributed by atoms with E-state index in [-0.39, 0.29) is 0 Å². The lowest BCUT2D eigenvalue weighted by Crippen LogP contribution is -2.20. The Balaban J connectivity index is 2.34. The van der Waals surface area contributed by atoms with Gasteiger partial charge in [-0.05, 0) is 12.6 Å². The third kappa shape index (κ3) is 4.45. The Kier molecular flexibility index (Phi) is 5.35. The third-order valence-corrected chi connectivity index (χ3v) is 2.16. The highest BCUT2D eigenvalue weighted by atomic mass is 35.5. The molecule has 0 aliphatic carbocycles. The highest BCUT2D eigenvalue weighted by Crippen LogP contribution is 2.00. The van der Waals surface area contributed by atoms with Gasteiger partial charge in [0.15, 0.2) is 0 Å². The first-order valence-corrected chi connectivity index (χ1v) is 5.32. The van der Waals surface area contributed by atoms with E-state index < -0.39 is 0 Å². The minimum absolute atomic E-state index is 0.690. The number of likely N-dealkylation sites (N-methyl/N-ethyl adjacent to an activating group) is 1. The number of nitrogens with zero attached hydrogens (tertiary/aromatic N) is 1. The molecule has 0 aromatic heterocycles. The predicted molar refractivity (Wildman–Crippen MR) is 63.7 cm³/mol. The summed E-state index contributed by atoms with van der Waals surface area (Å²) < 4.78 is 0. The molecule has 76 valence electrons. The fourth-order valence-corrected chi connectivity index (χ4v) is 1.46. The fourth-order valence-electron chi connectivity index (χ4n) is 1.17. The summed E-state index contributed by atoms with van der Waals surface area (Å²) >= 11 is 5.63. The normalized spacial score (nSPS) is 11.4. The number of benzene rings is 1. The maximum absolute atomic E-state index is 5.63. The molecule has 0 radical (unpaired) electrons. The largest absolute Gasteiger partial charge is 0.302 e. The highest BCUT2D eigenvalue weighted by molar-refractivity contribution is 6.18. The zero-order chi connectivity index (χ0) is 10.2. The summed E-state index contributed by atoms with van der Waals surface area (Å²) in [5.74, 6) is 0.690. The molecule has 0 bridgehead atoms. The first-order chi connectivity index (χ1) is 6.83. The first kappa shape index (κ1) is 11.3. The van der Waals surface area contributed by atoms with Gasteiger partial charge < -0.3 is 4.90 Å². The van der Waals surface area contributed by atoms with Gasteiger partial charge in [-0.1, -0.05) is 42.5 Å². The minimum atomic E-state index is 0.690. The van der Waals surface area contributed by atoms with Gasteiger partial charge in [0.1, 0.15) is 0 Å². The van der Waals surface area contributed by atoms with Crippen molar-refractivity contribution in [1.29, 1.82) is 0 Å². The van der Waals surface area contributed by atoms with Gasteiger partial charge in [-0.3, -0.25) is 0 Å². The van der Waals surface area contributed by atoms with Gasteiger partial charge in [-0.25, -0.2) is 0 Å². The molecule has 0 aliphatic heterocycles. The van der Waals surface area contributed by atoms with E-state index >= 15 is 0 Å². The zero-order valence-corrected chi connectivity index (χ0v) is 9.24. The summed E-state index contributed by atoms with van der Waals surface area (Å²) in [7, 11) is 2.07. The molecule has 0 heterocycles. The lowest BCUT2D eigenvalue weighted by atomic mass is 10.2. The predicted octanol–water partition coefficient (Wildman–Crippen LogP) is 2.87. The van der Waals surface area contributed by atoms with Crippen LogP contribution in [0.3, 0.4) is 0 Å². The van der Waals surface area contributed by atoms with Crippen LogP contribution in [0.15, 0.2) is 36.4 Å². The second kappa shape index (κ2) is 6.63. The molecule has 0 saturated heterocycles. The Labute approximate surface area is 91.0 Å². The van der Waals surface area contributed by atoms with E-state index in [1.54, 1.807) is 0 Å². The molecule has 0 fully saturated rings. The molecule has 0 saturated carbocycles. The average Bonchev–Trinajstić information content (AvgIpc) is 2.20. The summed E-state index contributed by atoms with van der Waals surface area (Å²) in [6.45, 7) is 1.88. The summed E-state index contributed by atoms with van der Waals surface area (Å²) in [5, 5.41) is 0. The summed E-state index contributed by atoms with van der Waals surface area (Å²) in [6, 6.07) is 10.3. The van der Waals surface area contributed by atoms with Crippen molar-refractivity contribution in [2.45, 2.75) is 0 Å². The van der Waals surface area contributed by atoms with Gasteiger partial charge in [-0.15, -0.1) is 11.6 Å². The molecule has 0 N–H and O–H groups in total. The van der Waals surface area contributed by atoms with Crippen LogP contribution in [0.1, 0.15) is 5.56 Å². The Bertz CT molecular complexity index is 269. The molecule has 1 aromatic carbocycles. The van der Waals surface area contributed by atoms with Crippen molar-refractivity contribution in [1.82, 2.24) is 4.90 Å². The smallest absolute Gasteiger partial charge is 0.0351 e. The number of hydrogen-bond donors (Lipinski definition) is 0. The van der Waals surface area contributed by atoms with E-state index in [0.717, 1.165) is 13.1 Å². The minimum Gasteiger partial charge on any atom is -0.302 e. The Hall–Kier alpha value is -0.790. The number of alkyl halides is 1. The van der Waals surface area contributed by atoms with Gasteiger partial charge >= 0.3 is 0 Å². The van der Waals surface area contributed by atoms with Crippen molar-refractivity contribution >= 4 is 17.7 Å². The molecule has 0 atom stereocenters. The number of halogens is 1. The lowest BCUT2D eigenvalue weighted by molar-refractivity contribution is 0.395. The van der Waals surface area contributed by atoms with Crippen molar-refractivity contribution in [3.05, 3.63) is 42.0 Å². The number of hydrogen-bond acceptors (Lipinski definition) is 1. The molecule has 2 heteroatoms. The van der Waals surface area contributed by atoms with Gasteiger partial charge in [0.05, 0.1) is 0 Å². The molecule has 0 spiro atoms. The molecule has 1 rings (SSSR count). The third-order valence-electron chi connectivity index (χ3n) is 1.99. The molecular weight excluding hydrogens is 194 g/mol. The summed E-state index contributed by atoms with van der Waals surface area (Å²) in [6.07, 6.45) is 4.28. The standard InChI is InChI=1S/C12H16ClN/c1-14(11-9-13)10-5-8-12-6-3-2-4-7-12/h2-8H,9-11H2,1H3. The summed E-state index contributed by atoms with van der Waals surface area (Å²) in [5.41, 5.74) is 1.24. The van der Waals surface area contributed by atoms with Crippen LogP contribution in [0.4, 0.5) is 0 Å². The van der Waals surface area contributed by atoms with Crippen LogP contribution in [0.25, 0.3) is 6.08 Å².